The molecule has 3 heteroatoms. The van der Waals surface area contributed by atoms with E-state index in [0.717, 1.165) is 18.7 Å². The number of carbonyl (C=O) groups excluding carboxylic acids is 1. The number of carbonyl (C=O) groups is 1. The molecule has 1 atom stereocenters. The van der Waals surface area contributed by atoms with Gasteiger partial charge in [0.15, 0.2) is 0 Å². The molecule has 1 N–H and O–H groups in total. The van der Waals surface area contributed by atoms with Crippen molar-refractivity contribution in [3.63, 3.8) is 0 Å². The lowest BCUT2D eigenvalue weighted by molar-refractivity contribution is -0.129. The molecule has 1 unspecified atom stereocenters. The Labute approximate surface area is 110 Å². The molecule has 3 nitrogen and oxygen atoms in total. The van der Waals surface area contributed by atoms with Gasteiger partial charge in [0.1, 0.15) is 0 Å². The Balaban J connectivity index is 3.00. The minimum absolute atomic E-state index is 0.0287. The normalized spacial score (nSPS) is 21.1. The van der Waals surface area contributed by atoms with Crippen LogP contribution >= 0.6 is 0 Å². The van der Waals surface area contributed by atoms with Crippen LogP contribution < -0.4 is 5.32 Å². The highest BCUT2D eigenvalue weighted by atomic mass is 16.2. The van der Waals surface area contributed by atoms with Crippen molar-refractivity contribution in [1.29, 1.82) is 0 Å². The number of piperazine rings is 1. The molecule has 1 heterocycles. The summed E-state index contributed by atoms with van der Waals surface area (Å²) in [5.41, 5.74) is 1.68. The van der Waals surface area contributed by atoms with Crippen molar-refractivity contribution in [3.05, 3.63) is 48.6 Å². The zero-order valence-electron chi connectivity index (χ0n) is 11.3. The molecule has 0 saturated carbocycles. The summed E-state index contributed by atoms with van der Waals surface area (Å²) >= 11 is 0. The lowest BCUT2D eigenvalue weighted by Gasteiger charge is -2.37. The first-order valence-corrected chi connectivity index (χ1v) is 6.24. The van der Waals surface area contributed by atoms with Crippen molar-refractivity contribution < 1.29 is 4.79 Å². The number of hydrogen-bond acceptors (Lipinski definition) is 2. The molecular formula is C15H22N2O. The summed E-state index contributed by atoms with van der Waals surface area (Å²) in [4.78, 5) is 14.0. The predicted molar refractivity (Wildman–Crippen MR) is 76.3 cm³/mol. The van der Waals surface area contributed by atoms with E-state index in [2.05, 4.69) is 18.5 Å². The number of amides is 1. The molecule has 1 saturated heterocycles. The van der Waals surface area contributed by atoms with Crippen LogP contribution in [0.4, 0.5) is 0 Å². The van der Waals surface area contributed by atoms with Gasteiger partial charge >= 0.3 is 0 Å². The Bertz CT molecular complexity index is 393. The molecule has 1 amide bonds. The summed E-state index contributed by atoms with van der Waals surface area (Å²) in [6.45, 7) is 13.5. The smallest absolute Gasteiger partial charge is 0.249 e. The van der Waals surface area contributed by atoms with Crippen molar-refractivity contribution in [2.75, 3.05) is 19.6 Å². The zero-order chi connectivity index (χ0) is 13.5. The molecule has 0 radical (unpaired) electrons. The Morgan fingerprint density at radius 2 is 2.22 bits per heavy atom. The van der Waals surface area contributed by atoms with Crippen LogP contribution in [0.25, 0.3) is 0 Å². The third kappa shape index (κ3) is 3.44. The first-order chi connectivity index (χ1) is 8.61. The Morgan fingerprint density at radius 1 is 1.50 bits per heavy atom. The number of nitrogens with zero attached hydrogens (tertiary/aromatic N) is 1. The van der Waals surface area contributed by atoms with E-state index in [1.807, 2.05) is 30.1 Å². The van der Waals surface area contributed by atoms with Gasteiger partial charge in [-0.1, -0.05) is 37.5 Å². The second kappa shape index (κ2) is 6.97. The number of allylic oxidation sites excluding steroid dienone is 3. The Hall–Kier alpha value is -1.61. The monoisotopic (exact) mass is 246 g/mol. The van der Waals surface area contributed by atoms with Gasteiger partial charge in [-0.2, -0.15) is 0 Å². The molecule has 1 aliphatic rings. The van der Waals surface area contributed by atoms with E-state index in [-0.39, 0.29) is 11.9 Å². The third-order valence-corrected chi connectivity index (χ3v) is 2.92. The molecule has 0 spiro atoms. The van der Waals surface area contributed by atoms with Gasteiger partial charge in [0, 0.05) is 25.2 Å². The van der Waals surface area contributed by atoms with Crippen LogP contribution in [0, 0.1) is 0 Å². The van der Waals surface area contributed by atoms with E-state index < -0.39 is 0 Å². The number of nitrogens with one attached hydrogen (secondary N) is 1. The molecule has 18 heavy (non-hydrogen) atoms. The summed E-state index contributed by atoms with van der Waals surface area (Å²) in [6, 6.07) is 0.0529. The second-order valence-electron chi connectivity index (χ2n) is 4.40. The molecule has 1 rings (SSSR count). The van der Waals surface area contributed by atoms with E-state index in [9.17, 15) is 4.79 Å². The van der Waals surface area contributed by atoms with Gasteiger partial charge in [0.05, 0.1) is 6.04 Å². The fourth-order valence-electron chi connectivity index (χ4n) is 2.10. The van der Waals surface area contributed by atoms with Crippen LogP contribution in [0.3, 0.4) is 0 Å². The van der Waals surface area contributed by atoms with Crippen LogP contribution in [0.2, 0.25) is 0 Å². The molecular weight excluding hydrogens is 224 g/mol. The minimum Gasteiger partial charge on any atom is -0.329 e. The van der Waals surface area contributed by atoms with Crippen molar-refractivity contribution in [3.8, 4) is 0 Å². The van der Waals surface area contributed by atoms with Gasteiger partial charge in [-0.3, -0.25) is 4.79 Å². The number of hydrogen-bond donors (Lipinski definition) is 1. The lowest BCUT2D eigenvalue weighted by Crippen LogP contribution is -2.54. The van der Waals surface area contributed by atoms with Crippen LogP contribution in [0.1, 0.15) is 13.8 Å². The third-order valence-electron chi connectivity index (χ3n) is 2.92. The van der Waals surface area contributed by atoms with Gasteiger partial charge in [0.2, 0.25) is 5.91 Å². The van der Waals surface area contributed by atoms with E-state index >= 15 is 0 Å². The van der Waals surface area contributed by atoms with E-state index in [1.54, 1.807) is 13.0 Å². The zero-order valence-corrected chi connectivity index (χ0v) is 11.3. The topological polar surface area (TPSA) is 32.3 Å². The molecule has 0 aromatic carbocycles. The van der Waals surface area contributed by atoms with Gasteiger partial charge in [-0.05, 0) is 19.4 Å². The van der Waals surface area contributed by atoms with Crippen molar-refractivity contribution in [2.45, 2.75) is 19.9 Å². The molecule has 1 fully saturated rings. The summed E-state index contributed by atoms with van der Waals surface area (Å²) < 4.78 is 0. The predicted octanol–water partition coefficient (Wildman–Crippen LogP) is 2.05. The molecule has 98 valence electrons. The maximum absolute atomic E-state index is 12.1. The highest BCUT2D eigenvalue weighted by Gasteiger charge is 2.28. The molecule has 0 bridgehead atoms. The minimum atomic E-state index is 0.0287. The summed E-state index contributed by atoms with van der Waals surface area (Å²) in [5, 5.41) is 3.32. The first kappa shape index (κ1) is 14.5. The van der Waals surface area contributed by atoms with E-state index in [0.29, 0.717) is 12.1 Å². The number of rotatable bonds is 4. The van der Waals surface area contributed by atoms with Gasteiger partial charge < -0.3 is 10.2 Å². The quantitative estimate of drug-likeness (QED) is 0.608. The standard InChI is InChI=1S/C15H22N2O/c1-5-7-13(8-6-2)14-11-16-9-10-17(14)15(18)12(3)4/h5-8,14,16H,1,3,9-11H2,2,4H3/b8-6-,13-7+. The fourth-order valence-corrected chi connectivity index (χ4v) is 2.10. The maximum atomic E-state index is 12.1. The summed E-state index contributed by atoms with van der Waals surface area (Å²) in [7, 11) is 0. The highest BCUT2D eigenvalue weighted by Crippen LogP contribution is 2.17. The van der Waals surface area contributed by atoms with Crippen LogP contribution in [-0.2, 0) is 4.79 Å². The van der Waals surface area contributed by atoms with Crippen molar-refractivity contribution >= 4 is 5.91 Å². The van der Waals surface area contributed by atoms with Gasteiger partial charge in [0.25, 0.3) is 0 Å². The Kier molecular flexibility index (Phi) is 5.59. The summed E-state index contributed by atoms with van der Waals surface area (Å²) in [5.74, 6) is 0.0287. The SMILES string of the molecule is C=C/C=C(\C=C/C)C1CNCCN1C(=O)C(=C)C. The maximum Gasteiger partial charge on any atom is 0.249 e. The van der Waals surface area contributed by atoms with E-state index in [4.69, 9.17) is 0 Å². The van der Waals surface area contributed by atoms with Crippen molar-refractivity contribution in [2.24, 2.45) is 0 Å². The Morgan fingerprint density at radius 3 is 2.78 bits per heavy atom. The molecule has 0 aliphatic carbocycles. The van der Waals surface area contributed by atoms with Crippen LogP contribution in [0.15, 0.2) is 48.6 Å². The van der Waals surface area contributed by atoms with Gasteiger partial charge in [-0.25, -0.2) is 0 Å². The second-order valence-corrected chi connectivity index (χ2v) is 4.40. The molecule has 0 aromatic heterocycles. The lowest BCUT2D eigenvalue weighted by atomic mass is 10.0. The highest BCUT2D eigenvalue weighted by molar-refractivity contribution is 5.92. The van der Waals surface area contributed by atoms with Crippen molar-refractivity contribution in [1.82, 2.24) is 10.2 Å². The molecule has 1 aliphatic heterocycles. The van der Waals surface area contributed by atoms with E-state index in [1.165, 1.54) is 0 Å². The van der Waals surface area contributed by atoms with Gasteiger partial charge in [-0.15, -0.1) is 0 Å². The largest absolute Gasteiger partial charge is 0.329 e. The average Bonchev–Trinajstić information content (AvgIpc) is 2.37. The average molecular weight is 246 g/mol. The first-order valence-electron chi connectivity index (χ1n) is 6.24. The fraction of sp³-hybridized carbons (Fsp3) is 0.400. The summed E-state index contributed by atoms with van der Waals surface area (Å²) in [6.07, 6.45) is 7.72. The van der Waals surface area contributed by atoms with Crippen LogP contribution in [0.5, 0.6) is 0 Å². The van der Waals surface area contributed by atoms with Crippen LogP contribution in [-0.4, -0.2) is 36.5 Å². The molecule has 0 aromatic rings.